The second kappa shape index (κ2) is 4.92. The highest BCUT2D eigenvalue weighted by Crippen LogP contribution is 2.17. The minimum absolute atomic E-state index is 0.130. The summed E-state index contributed by atoms with van der Waals surface area (Å²) in [5, 5.41) is 5.27. The third kappa shape index (κ3) is 2.68. The minimum Gasteiger partial charge on any atom is -0.354 e. The van der Waals surface area contributed by atoms with Gasteiger partial charge in [0.1, 0.15) is 10.8 Å². The van der Waals surface area contributed by atoms with Crippen LogP contribution >= 0.6 is 22.9 Å². The lowest BCUT2D eigenvalue weighted by Crippen LogP contribution is -2.16. The fourth-order valence-corrected chi connectivity index (χ4v) is 1.56. The molecular weight excluding hydrogens is 226 g/mol. The Morgan fingerprint density at radius 1 is 1.64 bits per heavy atom. The second-order valence-corrected chi connectivity index (χ2v) is 3.59. The van der Waals surface area contributed by atoms with Crippen LogP contribution in [0.1, 0.15) is 9.67 Å². The van der Waals surface area contributed by atoms with Gasteiger partial charge in [0, 0.05) is 7.05 Å². The van der Waals surface area contributed by atoms with Crippen molar-refractivity contribution in [3.05, 3.63) is 11.1 Å². The summed E-state index contributed by atoms with van der Waals surface area (Å²) in [5.74, 6) is -0.701. The van der Waals surface area contributed by atoms with Crippen molar-refractivity contribution in [1.82, 2.24) is 10.3 Å². The predicted octanol–water partition coefficient (Wildman–Crippen LogP) is 0.680. The van der Waals surface area contributed by atoms with Crippen molar-refractivity contribution in [3.8, 4) is 0 Å². The number of nitrogens with zero attached hydrogens (tertiary/aromatic N) is 1. The zero-order chi connectivity index (χ0) is 10.6. The summed E-state index contributed by atoms with van der Waals surface area (Å²) in [4.78, 5) is 26.2. The fourth-order valence-electron chi connectivity index (χ4n) is 0.713. The van der Waals surface area contributed by atoms with E-state index in [1.165, 1.54) is 13.2 Å². The van der Waals surface area contributed by atoms with E-state index in [0.29, 0.717) is 10.0 Å². The van der Waals surface area contributed by atoms with Gasteiger partial charge in [-0.1, -0.05) is 11.3 Å². The van der Waals surface area contributed by atoms with Gasteiger partial charge in [-0.05, 0) is 0 Å². The molecule has 0 aromatic carbocycles. The van der Waals surface area contributed by atoms with E-state index in [1.807, 2.05) is 0 Å². The molecule has 1 rings (SSSR count). The summed E-state index contributed by atoms with van der Waals surface area (Å²) in [6.07, 6.45) is 1.40. The van der Waals surface area contributed by atoms with Gasteiger partial charge in [-0.3, -0.25) is 9.59 Å². The van der Waals surface area contributed by atoms with E-state index >= 15 is 0 Å². The molecule has 0 aliphatic rings. The number of hydrogen-bond acceptors (Lipinski definition) is 4. The Balaban J connectivity index is 2.68. The zero-order valence-electron chi connectivity index (χ0n) is 7.33. The number of aromatic nitrogens is 1. The van der Waals surface area contributed by atoms with E-state index in [0.717, 1.165) is 11.3 Å². The average molecular weight is 234 g/mol. The number of nitrogens with one attached hydrogen (secondary N) is 2. The molecule has 0 radical (unpaired) electrons. The molecule has 1 aromatic rings. The highest BCUT2D eigenvalue weighted by molar-refractivity contribution is 7.17. The summed E-state index contributed by atoms with van der Waals surface area (Å²) in [6, 6.07) is 0. The molecular formula is C7H8ClN3O2S. The van der Waals surface area contributed by atoms with Crippen LogP contribution in [0.5, 0.6) is 0 Å². The highest BCUT2D eigenvalue weighted by atomic mass is 35.5. The summed E-state index contributed by atoms with van der Waals surface area (Å²) in [6.45, 7) is 0. The number of carbonyl (C=O) groups excluding carboxylic acids is 2. The molecule has 0 aliphatic carbocycles. The molecule has 2 amide bonds. The first-order valence-corrected chi connectivity index (χ1v) is 5.06. The summed E-state index contributed by atoms with van der Waals surface area (Å²) in [7, 11) is 1.53. The van der Waals surface area contributed by atoms with Crippen LogP contribution in [0.15, 0.2) is 6.20 Å². The van der Waals surface area contributed by atoms with Crippen LogP contribution in [-0.4, -0.2) is 29.7 Å². The van der Waals surface area contributed by atoms with Crippen LogP contribution in [-0.2, 0) is 4.79 Å². The molecule has 0 bridgehead atoms. The topological polar surface area (TPSA) is 71.1 Å². The fraction of sp³-hybridized carbons (Fsp3) is 0.286. The Labute approximate surface area is 89.5 Å². The molecule has 7 heteroatoms. The van der Waals surface area contributed by atoms with Crippen LogP contribution in [0.2, 0.25) is 0 Å². The van der Waals surface area contributed by atoms with Gasteiger partial charge in [0.2, 0.25) is 5.91 Å². The Morgan fingerprint density at radius 2 is 2.36 bits per heavy atom. The second-order valence-electron chi connectivity index (χ2n) is 2.29. The van der Waals surface area contributed by atoms with Crippen molar-refractivity contribution in [2.75, 3.05) is 18.2 Å². The lowest BCUT2D eigenvalue weighted by atomic mass is 10.5. The van der Waals surface area contributed by atoms with Crippen molar-refractivity contribution in [1.29, 1.82) is 0 Å². The molecule has 0 saturated heterocycles. The van der Waals surface area contributed by atoms with Crippen LogP contribution in [0.4, 0.5) is 5.13 Å². The first-order chi connectivity index (χ1) is 6.67. The number of thiazole rings is 1. The van der Waals surface area contributed by atoms with Crippen molar-refractivity contribution < 1.29 is 9.59 Å². The molecule has 14 heavy (non-hydrogen) atoms. The molecule has 0 spiro atoms. The Bertz CT molecular complexity index is 352. The molecule has 0 aliphatic heterocycles. The lowest BCUT2D eigenvalue weighted by molar-refractivity contribution is -0.113. The van der Waals surface area contributed by atoms with Crippen LogP contribution < -0.4 is 10.6 Å². The van der Waals surface area contributed by atoms with E-state index in [-0.39, 0.29) is 17.7 Å². The van der Waals surface area contributed by atoms with Crippen molar-refractivity contribution in [2.45, 2.75) is 0 Å². The SMILES string of the molecule is CNC(=O)c1cnc(NC(=O)CCl)s1. The minimum atomic E-state index is -0.343. The van der Waals surface area contributed by atoms with Crippen LogP contribution in [0, 0.1) is 0 Å². The largest absolute Gasteiger partial charge is 0.354 e. The van der Waals surface area contributed by atoms with Gasteiger partial charge in [-0.2, -0.15) is 0 Å². The first kappa shape index (κ1) is 10.9. The van der Waals surface area contributed by atoms with E-state index in [2.05, 4.69) is 15.6 Å². The lowest BCUT2D eigenvalue weighted by Gasteiger charge is -1.95. The molecule has 2 N–H and O–H groups in total. The highest BCUT2D eigenvalue weighted by Gasteiger charge is 2.09. The van der Waals surface area contributed by atoms with Crippen molar-refractivity contribution >= 4 is 39.9 Å². The molecule has 0 fully saturated rings. The van der Waals surface area contributed by atoms with Gasteiger partial charge in [0.25, 0.3) is 5.91 Å². The monoisotopic (exact) mass is 233 g/mol. The molecule has 1 aromatic heterocycles. The van der Waals surface area contributed by atoms with Crippen LogP contribution in [0.3, 0.4) is 0 Å². The van der Waals surface area contributed by atoms with E-state index in [1.54, 1.807) is 0 Å². The van der Waals surface area contributed by atoms with Gasteiger partial charge < -0.3 is 10.6 Å². The number of carbonyl (C=O) groups is 2. The van der Waals surface area contributed by atoms with Crippen LogP contribution in [0.25, 0.3) is 0 Å². The van der Waals surface area contributed by atoms with E-state index in [9.17, 15) is 9.59 Å². The van der Waals surface area contributed by atoms with Crippen molar-refractivity contribution in [3.63, 3.8) is 0 Å². The van der Waals surface area contributed by atoms with E-state index in [4.69, 9.17) is 11.6 Å². The summed E-state index contributed by atoms with van der Waals surface area (Å²) >= 11 is 6.38. The molecule has 0 atom stereocenters. The number of alkyl halides is 1. The average Bonchev–Trinajstić information content (AvgIpc) is 2.65. The van der Waals surface area contributed by atoms with Gasteiger partial charge >= 0.3 is 0 Å². The number of rotatable bonds is 3. The van der Waals surface area contributed by atoms with Crippen molar-refractivity contribution in [2.24, 2.45) is 0 Å². The van der Waals surface area contributed by atoms with Gasteiger partial charge in [0.15, 0.2) is 5.13 Å². The smallest absolute Gasteiger partial charge is 0.262 e. The number of halogens is 1. The predicted molar refractivity (Wildman–Crippen MR) is 54.9 cm³/mol. The molecule has 1 heterocycles. The molecule has 0 unspecified atom stereocenters. The maximum atomic E-state index is 11.1. The molecule has 76 valence electrons. The zero-order valence-corrected chi connectivity index (χ0v) is 8.91. The Morgan fingerprint density at radius 3 is 2.93 bits per heavy atom. The maximum absolute atomic E-state index is 11.1. The van der Waals surface area contributed by atoms with Gasteiger partial charge in [0.05, 0.1) is 6.20 Å². The third-order valence-corrected chi connectivity index (χ3v) is 2.48. The standard InChI is InChI=1S/C7H8ClN3O2S/c1-9-6(13)4-3-10-7(14-4)11-5(12)2-8/h3H,2H2,1H3,(H,9,13)(H,10,11,12). The normalized spacial score (nSPS) is 9.57. The summed E-state index contributed by atoms with van der Waals surface area (Å²) in [5.41, 5.74) is 0. The Kier molecular flexibility index (Phi) is 3.84. The molecule has 5 nitrogen and oxygen atoms in total. The summed E-state index contributed by atoms with van der Waals surface area (Å²) < 4.78 is 0. The number of amides is 2. The maximum Gasteiger partial charge on any atom is 0.262 e. The quantitative estimate of drug-likeness (QED) is 0.755. The van der Waals surface area contributed by atoms with E-state index < -0.39 is 0 Å². The first-order valence-electron chi connectivity index (χ1n) is 3.71. The third-order valence-electron chi connectivity index (χ3n) is 1.32. The molecule has 0 saturated carbocycles. The van der Waals surface area contributed by atoms with Gasteiger partial charge in [-0.25, -0.2) is 4.98 Å². The Hall–Kier alpha value is -1.14. The number of hydrogen-bond donors (Lipinski definition) is 2. The number of anilines is 1. The van der Waals surface area contributed by atoms with Gasteiger partial charge in [-0.15, -0.1) is 11.6 Å².